The third kappa shape index (κ3) is 5.01. The van der Waals surface area contributed by atoms with Crippen molar-refractivity contribution in [2.75, 3.05) is 13.7 Å². The van der Waals surface area contributed by atoms with Gasteiger partial charge in [-0.2, -0.15) is 0 Å². The lowest BCUT2D eigenvalue weighted by molar-refractivity contribution is -0.138. The van der Waals surface area contributed by atoms with Crippen LogP contribution in [-0.4, -0.2) is 30.6 Å². The summed E-state index contributed by atoms with van der Waals surface area (Å²) in [6, 6.07) is 7.22. The van der Waals surface area contributed by atoms with Crippen LogP contribution < -0.4 is 5.32 Å². The van der Waals surface area contributed by atoms with Gasteiger partial charge < -0.3 is 15.2 Å². The Morgan fingerprint density at radius 3 is 2.65 bits per heavy atom. The van der Waals surface area contributed by atoms with Gasteiger partial charge in [0, 0.05) is 25.6 Å². The van der Waals surface area contributed by atoms with E-state index >= 15 is 0 Å². The number of carbonyl (C=O) groups is 2. The normalized spacial score (nSPS) is 11.9. The molecule has 1 aromatic carbocycles. The van der Waals surface area contributed by atoms with Crippen molar-refractivity contribution in [3.05, 3.63) is 35.4 Å². The van der Waals surface area contributed by atoms with E-state index in [1.54, 1.807) is 19.2 Å². The fourth-order valence-corrected chi connectivity index (χ4v) is 1.96. The van der Waals surface area contributed by atoms with Gasteiger partial charge >= 0.3 is 5.97 Å². The van der Waals surface area contributed by atoms with Crippen LogP contribution in [0.25, 0.3) is 0 Å². The van der Waals surface area contributed by atoms with Gasteiger partial charge in [0.15, 0.2) is 0 Å². The van der Waals surface area contributed by atoms with Crippen LogP contribution in [-0.2, 0) is 16.1 Å². The Balaban J connectivity index is 2.64. The average molecular weight is 279 g/mol. The third-order valence-corrected chi connectivity index (χ3v) is 3.15. The maximum absolute atomic E-state index is 12.1. The molecule has 1 atom stereocenters. The summed E-state index contributed by atoms with van der Waals surface area (Å²) >= 11 is 0. The zero-order chi connectivity index (χ0) is 15.0. The number of hydrogen-bond acceptors (Lipinski definition) is 3. The topological polar surface area (TPSA) is 75.6 Å². The molecule has 0 saturated carbocycles. The molecule has 1 rings (SSSR count). The van der Waals surface area contributed by atoms with Crippen molar-refractivity contribution < 1.29 is 19.4 Å². The Hall–Kier alpha value is -1.88. The van der Waals surface area contributed by atoms with E-state index in [4.69, 9.17) is 9.84 Å². The van der Waals surface area contributed by atoms with Crippen molar-refractivity contribution in [1.82, 2.24) is 5.32 Å². The second-order valence-corrected chi connectivity index (χ2v) is 4.67. The summed E-state index contributed by atoms with van der Waals surface area (Å²) in [7, 11) is 1.58. The van der Waals surface area contributed by atoms with E-state index in [0.29, 0.717) is 25.1 Å². The van der Waals surface area contributed by atoms with Gasteiger partial charge in [-0.05, 0) is 17.5 Å². The lowest BCUT2D eigenvalue weighted by Gasteiger charge is -2.14. The maximum atomic E-state index is 12.1. The number of hydrogen-bond donors (Lipinski definition) is 2. The molecular formula is C15H21NO4. The molecule has 1 unspecified atom stereocenters. The minimum absolute atomic E-state index is 0.0500. The molecular weight excluding hydrogens is 258 g/mol. The molecule has 5 heteroatoms. The van der Waals surface area contributed by atoms with Gasteiger partial charge in [-0.25, -0.2) is 0 Å². The smallest absolute Gasteiger partial charge is 0.303 e. The van der Waals surface area contributed by atoms with E-state index in [9.17, 15) is 9.59 Å². The molecule has 0 heterocycles. The fraction of sp³-hybridized carbons (Fsp3) is 0.467. The molecule has 0 aliphatic carbocycles. The number of methoxy groups -OCH3 is 1. The molecule has 0 aliphatic heterocycles. The lowest BCUT2D eigenvalue weighted by Crippen LogP contribution is -2.30. The van der Waals surface area contributed by atoms with E-state index in [2.05, 4.69) is 5.32 Å². The SMILES string of the molecule is CCC(CNC(=O)c1ccccc1COC)CC(=O)O. The molecule has 0 aromatic heterocycles. The number of ether oxygens (including phenoxy) is 1. The van der Waals surface area contributed by atoms with Gasteiger partial charge in [0.1, 0.15) is 0 Å². The van der Waals surface area contributed by atoms with E-state index in [1.807, 2.05) is 19.1 Å². The molecule has 2 N–H and O–H groups in total. The highest BCUT2D eigenvalue weighted by Gasteiger charge is 2.15. The number of rotatable bonds is 8. The monoisotopic (exact) mass is 279 g/mol. The molecule has 0 bridgehead atoms. The van der Waals surface area contributed by atoms with Gasteiger partial charge in [0.2, 0.25) is 0 Å². The predicted molar refractivity (Wildman–Crippen MR) is 75.5 cm³/mol. The van der Waals surface area contributed by atoms with Crippen molar-refractivity contribution in [1.29, 1.82) is 0 Å². The Morgan fingerprint density at radius 1 is 1.35 bits per heavy atom. The molecule has 1 amide bonds. The fourth-order valence-electron chi connectivity index (χ4n) is 1.96. The van der Waals surface area contributed by atoms with Crippen molar-refractivity contribution in [3.8, 4) is 0 Å². The molecule has 20 heavy (non-hydrogen) atoms. The second-order valence-electron chi connectivity index (χ2n) is 4.67. The molecule has 110 valence electrons. The summed E-state index contributed by atoms with van der Waals surface area (Å²) in [5.74, 6) is -1.08. The van der Waals surface area contributed by atoms with Gasteiger partial charge in [0.25, 0.3) is 5.91 Å². The van der Waals surface area contributed by atoms with Crippen LogP contribution in [0.5, 0.6) is 0 Å². The summed E-state index contributed by atoms with van der Waals surface area (Å²) in [5, 5.41) is 11.6. The Morgan fingerprint density at radius 2 is 2.05 bits per heavy atom. The van der Waals surface area contributed by atoms with Crippen LogP contribution in [0.1, 0.15) is 35.7 Å². The van der Waals surface area contributed by atoms with Crippen LogP contribution in [0, 0.1) is 5.92 Å². The maximum Gasteiger partial charge on any atom is 0.303 e. The highest BCUT2D eigenvalue weighted by molar-refractivity contribution is 5.95. The first-order chi connectivity index (χ1) is 9.58. The summed E-state index contributed by atoms with van der Waals surface area (Å²) in [6.07, 6.45) is 0.781. The number of carbonyl (C=O) groups excluding carboxylic acids is 1. The van der Waals surface area contributed by atoms with E-state index < -0.39 is 5.97 Å². The number of amides is 1. The van der Waals surface area contributed by atoms with Gasteiger partial charge in [-0.1, -0.05) is 31.5 Å². The van der Waals surface area contributed by atoms with Crippen LogP contribution in [0.3, 0.4) is 0 Å². The van der Waals surface area contributed by atoms with Crippen LogP contribution in [0.4, 0.5) is 0 Å². The molecule has 0 fully saturated rings. The van der Waals surface area contributed by atoms with E-state index in [0.717, 1.165) is 5.56 Å². The summed E-state index contributed by atoms with van der Waals surface area (Å²) in [6.45, 7) is 2.65. The van der Waals surface area contributed by atoms with E-state index in [-0.39, 0.29) is 18.2 Å². The number of carboxylic acid groups (broad SMARTS) is 1. The lowest BCUT2D eigenvalue weighted by atomic mass is 10.0. The van der Waals surface area contributed by atoms with E-state index in [1.165, 1.54) is 0 Å². The molecule has 0 aliphatic rings. The Labute approximate surface area is 118 Å². The second kappa shape index (κ2) is 8.32. The standard InChI is InChI=1S/C15H21NO4/c1-3-11(8-14(17)18)9-16-15(19)13-7-5-4-6-12(13)10-20-2/h4-7,11H,3,8-10H2,1-2H3,(H,16,19)(H,17,18). The first-order valence-corrected chi connectivity index (χ1v) is 6.65. The minimum Gasteiger partial charge on any atom is -0.481 e. The largest absolute Gasteiger partial charge is 0.481 e. The minimum atomic E-state index is -0.842. The first kappa shape index (κ1) is 16.2. The van der Waals surface area contributed by atoms with Crippen molar-refractivity contribution >= 4 is 11.9 Å². The first-order valence-electron chi connectivity index (χ1n) is 6.65. The number of carboxylic acids is 1. The Bertz CT molecular complexity index is 459. The molecule has 5 nitrogen and oxygen atoms in total. The molecule has 0 radical (unpaired) electrons. The summed E-state index contributed by atoms with van der Waals surface area (Å²) < 4.78 is 5.06. The molecule has 1 aromatic rings. The Kier molecular flexibility index (Phi) is 6.73. The zero-order valence-corrected chi connectivity index (χ0v) is 11.9. The van der Waals surface area contributed by atoms with Crippen molar-refractivity contribution in [2.45, 2.75) is 26.4 Å². The third-order valence-electron chi connectivity index (χ3n) is 3.15. The zero-order valence-electron chi connectivity index (χ0n) is 11.9. The van der Waals surface area contributed by atoms with Crippen molar-refractivity contribution in [2.24, 2.45) is 5.92 Å². The van der Waals surface area contributed by atoms with Crippen LogP contribution in [0.2, 0.25) is 0 Å². The predicted octanol–water partition coefficient (Wildman–Crippen LogP) is 2.06. The van der Waals surface area contributed by atoms with Gasteiger partial charge in [0.05, 0.1) is 6.61 Å². The van der Waals surface area contributed by atoms with Crippen LogP contribution >= 0.6 is 0 Å². The average Bonchev–Trinajstić information content (AvgIpc) is 2.43. The quantitative estimate of drug-likeness (QED) is 0.763. The summed E-state index contributed by atoms with van der Waals surface area (Å²) in [4.78, 5) is 22.8. The van der Waals surface area contributed by atoms with Crippen LogP contribution in [0.15, 0.2) is 24.3 Å². The highest BCUT2D eigenvalue weighted by atomic mass is 16.5. The highest BCUT2D eigenvalue weighted by Crippen LogP contribution is 2.11. The molecule has 0 saturated heterocycles. The van der Waals surface area contributed by atoms with Gasteiger partial charge in [-0.3, -0.25) is 9.59 Å². The number of aliphatic carboxylic acids is 1. The summed E-state index contributed by atoms with van der Waals surface area (Å²) in [5.41, 5.74) is 1.39. The number of benzene rings is 1. The van der Waals surface area contributed by atoms with Gasteiger partial charge in [-0.15, -0.1) is 0 Å². The number of nitrogens with one attached hydrogen (secondary N) is 1. The molecule has 0 spiro atoms. The van der Waals surface area contributed by atoms with Crippen molar-refractivity contribution in [3.63, 3.8) is 0 Å².